The molecule has 0 aliphatic heterocycles. The van der Waals surface area contributed by atoms with Crippen LogP contribution in [-0.2, 0) is 14.2 Å². The Kier molecular flexibility index (Phi) is 14.6. The van der Waals surface area contributed by atoms with Gasteiger partial charge in [-0.25, -0.2) is 0 Å². The van der Waals surface area contributed by atoms with Crippen molar-refractivity contribution in [2.45, 2.75) is 104 Å². The number of aliphatic hydroxyl groups is 3. The molecule has 0 heterocycles. The van der Waals surface area contributed by atoms with E-state index in [-0.39, 0.29) is 43.0 Å². The molecule has 27 heavy (non-hydrogen) atoms. The highest BCUT2D eigenvalue weighted by atomic mass is 16.5. The minimum atomic E-state index is -0.492. The molecule has 0 fully saturated rings. The van der Waals surface area contributed by atoms with E-state index >= 15 is 0 Å². The number of aliphatic hydroxyl groups excluding tert-OH is 3. The molecule has 0 bridgehead atoms. The van der Waals surface area contributed by atoms with Crippen LogP contribution in [0.5, 0.6) is 0 Å². The molecule has 0 aliphatic carbocycles. The Bertz CT molecular complexity index is 342. The molecule has 6 nitrogen and oxygen atoms in total. The van der Waals surface area contributed by atoms with E-state index in [0.29, 0.717) is 13.2 Å². The van der Waals surface area contributed by atoms with Crippen LogP contribution >= 0.6 is 0 Å². The van der Waals surface area contributed by atoms with E-state index in [1.807, 2.05) is 27.7 Å². The van der Waals surface area contributed by atoms with Gasteiger partial charge in [0.1, 0.15) is 0 Å². The predicted molar refractivity (Wildman–Crippen MR) is 108 cm³/mol. The summed E-state index contributed by atoms with van der Waals surface area (Å²) in [6.07, 6.45) is 2.97. The molecule has 0 saturated heterocycles. The molecular formula is C21H44O6. The Morgan fingerprint density at radius 3 is 2.04 bits per heavy atom. The lowest BCUT2D eigenvalue weighted by Gasteiger charge is -2.27. The van der Waals surface area contributed by atoms with Crippen LogP contribution in [0.3, 0.4) is 0 Å². The van der Waals surface area contributed by atoms with E-state index in [2.05, 4.69) is 6.92 Å². The second-order valence-corrected chi connectivity index (χ2v) is 8.57. The van der Waals surface area contributed by atoms with E-state index in [1.165, 1.54) is 0 Å². The van der Waals surface area contributed by atoms with Gasteiger partial charge in [0, 0.05) is 5.92 Å². The third kappa shape index (κ3) is 15.4. The fourth-order valence-electron chi connectivity index (χ4n) is 2.67. The highest BCUT2D eigenvalue weighted by Gasteiger charge is 2.21. The summed E-state index contributed by atoms with van der Waals surface area (Å²) >= 11 is 0. The van der Waals surface area contributed by atoms with Gasteiger partial charge in [-0.1, -0.05) is 19.8 Å². The first kappa shape index (κ1) is 26.8. The van der Waals surface area contributed by atoms with E-state index in [1.54, 1.807) is 6.92 Å². The van der Waals surface area contributed by atoms with Gasteiger partial charge >= 0.3 is 0 Å². The number of rotatable bonds is 16. The maximum absolute atomic E-state index is 10.4. The average molecular weight is 393 g/mol. The summed E-state index contributed by atoms with van der Waals surface area (Å²) in [5.74, 6) is 0.154. The third-order valence-electron chi connectivity index (χ3n) is 4.47. The standard InChI is InChI=1S/C21H44O6/c1-7-18(15-27-21(4,5)6)20(24)11-9-8-10-19(12-22)26-14-17(3)25-13-16(2)23/h16-20,22-24H,7-15H2,1-6H3. The zero-order chi connectivity index (χ0) is 20.9. The Morgan fingerprint density at radius 1 is 0.889 bits per heavy atom. The highest BCUT2D eigenvalue weighted by molar-refractivity contribution is 4.70. The van der Waals surface area contributed by atoms with E-state index in [0.717, 1.165) is 32.1 Å². The van der Waals surface area contributed by atoms with Crippen LogP contribution in [-0.4, -0.2) is 71.8 Å². The van der Waals surface area contributed by atoms with Crippen LogP contribution in [0.2, 0.25) is 0 Å². The number of hydrogen-bond donors (Lipinski definition) is 3. The average Bonchev–Trinajstić information content (AvgIpc) is 2.58. The smallest absolute Gasteiger partial charge is 0.0807 e. The van der Waals surface area contributed by atoms with Gasteiger partial charge in [0.05, 0.1) is 56.4 Å². The van der Waals surface area contributed by atoms with Gasteiger partial charge in [-0.3, -0.25) is 0 Å². The van der Waals surface area contributed by atoms with Crippen LogP contribution in [0.1, 0.15) is 73.6 Å². The number of unbranched alkanes of at least 4 members (excludes halogenated alkanes) is 1. The molecule has 5 atom stereocenters. The van der Waals surface area contributed by atoms with Gasteiger partial charge in [-0.15, -0.1) is 0 Å². The normalized spacial score (nSPS) is 18.1. The fraction of sp³-hybridized carbons (Fsp3) is 1.00. The second-order valence-electron chi connectivity index (χ2n) is 8.57. The van der Waals surface area contributed by atoms with Crippen molar-refractivity contribution in [1.29, 1.82) is 0 Å². The van der Waals surface area contributed by atoms with E-state index < -0.39 is 6.10 Å². The molecule has 3 N–H and O–H groups in total. The quantitative estimate of drug-likeness (QED) is 0.350. The van der Waals surface area contributed by atoms with Crippen molar-refractivity contribution >= 4 is 0 Å². The zero-order valence-corrected chi connectivity index (χ0v) is 18.3. The van der Waals surface area contributed by atoms with Gasteiger partial charge in [-0.05, 0) is 53.9 Å². The Hall–Kier alpha value is -0.240. The van der Waals surface area contributed by atoms with Crippen molar-refractivity contribution in [2.24, 2.45) is 5.92 Å². The summed E-state index contributed by atoms with van der Waals surface area (Å²) < 4.78 is 17.0. The van der Waals surface area contributed by atoms with Gasteiger partial charge in [-0.2, -0.15) is 0 Å². The summed E-state index contributed by atoms with van der Waals surface area (Å²) in [6.45, 7) is 12.9. The molecule has 0 aliphatic rings. The van der Waals surface area contributed by atoms with Crippen molar-refractivity contribution in [3.63, 3.8) is 0 Å². The SMILES string of the molecule is CCC(COC(C)(C)C)C(O)CCCCC(CO)OCC(C)OCC(C)O. The number of ether oxygens (including phenoxy) is 3. The lowest BCUT2D eigenvalue weighted by Crippen LogP contribution is -2.30. The van der Waals surface area contributed by atoms with Crippen LogP contribution in [0.15, 0.2) is 0 Å². The van der Waals surface area contributed by atoms with Crippen molar-refractivity contribution in [2.75, 3.05) is 26.4 Å². The first-order chi connectivity index (χ1) is 12.6. The fourth-order valence-corrected chi connectivity index (χ4v) is 2.67. The van der Waals surface area contributed by atoms with E-state index in [9.17, 15) is 15.3 Å². The van der Waals surface area contributed by atoms with Crippen LogP contribution < -0.4 is 0 Å². The van der Waals surface area contributed by atoms with Crippen molar-refractivity contribution in [1.82, 2.24) is 0 Å². The monoisotopic (exact) mass is 392 g/mol. The lowest BCUT2D eigenvalue weighted by molar-refractivity contribution is -0.0695. The maximum Gasteiger partial charge on any atom is 0.0807 e. The molecule has 0 rings (SSSR count). The molecule has 0 aromatic rings. The molecule has 0 radical (unpaired) electrons. The first-order valence-electron chi connectivity index (χ1n) is 10.4. The van der Waals surface area contributed by atoms with Crippen molar-refractivity contribution in [3.05, 3.63) is 0 Å². The summed E-state index contributed by atoms with van der Waals surface area (Å²) in [5, 5.41) is 29.1. The third-order valence-corrected chi connectivity index (χ3v) is 4.47. The summed E-state index contributed by atoms with van der Waals surface area (Å²) in [5.41, 5.74) is -0.186. The molecule has 0 aromatic heterocycles. The summed E-state index contributed by atoms with van der Waals surface area (Å²) in [6, 6.07) is 0. The lowest BCUT2D eigenvalue weighted by atomic mass is 9.95. The molecule has 6 heteroatoms. The summed E-state index contributed by atoms with van der Waals surface area (Å²) in [4.78, 5) is 0. The molecular weight excluding hydrogens is 348 g/mol. The molecule has 0 spiro atoms. The molecule has 0 amide bonds. The van der Waals surface area contributed by atoms with Crippen LogP contribution in [0.4, 0.5) is 0 Å². The van der Waals surface area contributed by atoms with Crippen molar-refractivity contribution in [3.8, 4) is 0 Å². The zero-order valence-electron chi connectivity index (χ0n) is 18.3. The largest absolute Gasteiger partial charge is 0.394 e. The predicted octanol–water partition coefficient (Wildman–Crippen LogP) is 2.91. The Balaban J connectivity index is 3.99. The molecule has 0 saturated carbocycles. The minimum Gasteiger partial charge on any atom is -0.394 e. The number of hydrogen-bond acceptors (Lipinski definition) is 6. The first-order valence-corrected chi connectivity index (χ1v) is 10.4. The van der Waals surface area contributed by atoms with Gasteiger partial charge in [0.15, 0.2) is 0 Å². The minimum absolute atomic E-state index is 0.0251. The molecule has 5 unspecified atom stereocenters. The molecule has 0 aromatic carbocycles. The van der Waals surface area contributed by atoms with Gasteiger partial charge < -0.3 is 29.5 Å². The van der Waals surface area contributed by atoms with Gasteiger partial charge in [0.2, 0.25) is 0 Å². The second kappa shape index (κ2) is 14.7. The van der Waals surface area contributed by atoms with E-state index in [4.69, 9.17) is 14.2 Å². The summed E-state index contributed by atoms with van der Waals surface area (Å²) in [7, 11) is 0. The maximum atomic E-state index is 10.4. The Labute approximate surface area is 166 Å². The topological polar surface area (TPSA) is 88.4 Å². The Morgan fingerprint density at radius 2 is 1.52 bits per heavy atom. The van der Waals surface area contributed by atoms with Crippen molar-refractivity contribution < 1.29 is 29.5 Å². The van der Waals surface area contributed by atoms with Crippen LogP contribution in [0.25, 0.3) is 0 Å². The van der Waals surface area contributed by atoms with Gasteiger partial charge in [0.25, 0.3) is 0 Å². The van der Waals surface area contributed by atoms with Crippen LogP contribution in [0, 0.1) is 5.92 Å². The highest BCUT2D eigenvalue weighted by Crippen LogP contribution is 2.19. The molecule has 164 valence electrons.